The van der Waals surface area contributed by atoms with E-state index in [1.54, 1.807) is 0 Å². The molecule has 1 aromatic carbocycles. The van der Waals surface area contributed by atoms with Gasteiger partial charge in [0.05, 0.1) is 11.5 Å². The zero-order valence-corrected chi connectivity index (χ0v) is 12.7. The summed E-state index contributed by atoms with van der Waals surface area (Å²) < 4.78 is 23.7. The molecule has 1 saturated heterocycles. The van der Waals surface area contributed by atoms with Crippen molar-refractivity contribution in [3.05, 3.63) is 35.9 Å². The number of sulfone groups is 1. The molecule has 1 aromatic rings. The monoisotopic (exact) mass is 296 g/mol. The highest BCUT2D eigenvalue weighted by atomic mass is 32.2. The molecule has 0 radical (unpaired) electrons. The number of rotatable bonds is 6. The highest BCUT2D eigenvalue weighted by Crippen LogP contribution is 2.20. The molecule has 4 nitrogen and oxygen atoms in total. The highest BCUT2D eigenvalue weighted by Gasteiger charge is 2.28. The van der Waals surface area contributed by atoms with E-state index in [9.17, 15) is 8.42 Å². The molecule has 0 amide bonds. The summed E-state index contributed by atoms with van der Waals surface area (Å²) in [6.45, 7) is 2.32. The van der Waals surface area contributed by atoms with Gasteiger partial charge in [-0.15, -0.1) is 0 Å². The van der Waals surface area contributed by atoms with Crippen molar-refractivity contribution < 1.29 is 8.42 Å². The van der Waals surface area contributed by atoms with Crippen molar-refractivity contribution in [3.63, 3.8) is 0 Å². The van der Waals surface area contributed by atoms with Gasteiger partial charge in [0, 0.05) is 19.1 Å². The summed E-state index contributed by atoms with van der Waals surface area (Å²) in [6, 6.07) is 10.4. The number of hydrogen-bond acceptors (Lipinski definition) is 4. The van der Waals surface area contributed by atoms with Gasteiger partial charge in [0.15, 0.2) is 9.84 Å². The van der Waals surface area contributed by atoms with Gasteiger partial charge in [0.2, 0.25) is 0 Å². The second-order valence-electron chi connectivity index (χ2n) is 5.51. The Morgan fingerprint density at radius 3 is 2.65 bits per heavy atom. The van der Waals surface area contributed by atoms with Gasteiger partial charge in [-0.05, 0) is 31.4 Å². The fraction of sp³-hybridized carbons (Fsp3) is 0.600. The topological polar surface area (TPSA) is 63.4 Å². The van der Waals surface area contributed by atoms with Crippen molar-refractivity contribution in [1.82, 2.24) is 4.90 Å². The third-order valence-corrected chi connectivity index (χ3v) is 5.64. The molecule has 0 aliphatic carbocycles. The summed E-state index contributed by atoms with van der Waals surface area (Å²) in [4.78, 5) is 2.29. The third kappa shape index (κ3) is 4.58. The molecule has 20 heavy (non-hydrogen) atoms. The first-order chi connectivity index (χ1) is 9.61. The molecule has 1 heterocycles. The van der Waals surface area contributed by atoms with E-state index in [1.807, 2.05) is 18.2 Å². The maximum absolute atomic E-state index is 11.8. The Bertz CT molecular complexity index is 502. The van der Waals surface area contributed by atoms with E-state index in [2.05, 4.69) is 17.0 Å². The minimum Gasteiger partial charge on any atom is -0.330 e. The smallest absolute Gasteiger partial charge is 0.151 e. The van der Waals surface area contributed by atoms with Crippen LogP contribution in [-0.2, 0) is 16.4 Å². The highest BCUT2D eigenvalue weighted by molar-refractivity contribution is 7.91. The quantitative estimate of drug-likeness (QED) is 0.862. The van der Waals surface area contributed by atoms with Gasteiger partial charge in [0.25, 0.3) is 0 Å². The number of hydrogen-bond donors (Lipinski definition) is 1. The average Bonchev–Trinajstić information content (AvgIpc) is 2.43. The van der Waals surface area contributed by atoms with E-state index in [0.717, 1.165) is 32.4 Å². The number of nitrogens with two attached hydrogens (primary N) is 1. The van der Waals surface area contributed by atoms with Crippen LogP contribution in [0.25, 0.3) is 0 Å². The normalized spacial score (nSPS) is 22.0. The van der Waals surface area contributed by atoms with E-state index in [1.165, 1.54) is 5.56 Å². The first-order valence-electron chi connectivity index (χ1n) is 7.29. The fourth-order valence-electron chi connectivity index (χ4n) is 2.79. The predicted octanol–water partition coefficient (Wildman–Crippen LogP) is 1.41. The predicted molar refractivity (Wildman–Crippen MR) is 82.2 cm³/mol. The van der Waals surface area contributed by atoms with Crippen LogP contribution >= 0.6 is 0 Å². The molecule has 1 aliphatic heterocycles. The van der Waals surface area contributed by atoms with E-state index in [4.69, 9.17) is 5.73 Å². The molecule has 0 aromatic heterocycles. The van der Waals surface area contributed by atoms with E-state index in [-0.39, 0.29) is 6.04 Å². The Labute approximate surface area is 121 Å². The largest absolute Gasteiger partial charge is 0.330 e. The van der Waals surface area contributed by atoms with Crippen molar-refractivity contribution in [2.75, 3.05) is 24.6 Å². The van der Waals surface area contributed by atoms with E-state index < -0.39 is 9.84 Å². The van der Waals surface area contributed by atoms with Crippen LogP contribution in [0.5, 0.6) is 0 Å². The van der Waals surface area contributed by atoms with Gasteiger partial charge in [-0.2, -0.15) is 0 Å². The molecule has 1 fully saturated rings. The van der Waals surface area contributed by atoms with Crippen molar-refractivity contribution >= 4 is 9.84 Å². The molecule has 0 saturated carbocycles. The van der Waals surface area contributed by atoms with Crippen LogP contribution in [0.15, 0.2) is 30.3 Å². The summed E-state index contributed by atoms with van der Waals surface area (Å²) in [5.74, 6) is 0.643. The standard InChI is InChI=1S/C15H24N2O2S/c16-9-5-10-17(12-14-6-2-1-3-7-14)15-8-4-11-20(18,19)13-15/h1-3,6-7,15H,4-5,8-13,16H2. The Morgan fingerprint density at radius 1 is 1.25 bits per heavy atom. The maximum Gasteiger partial charge on any atom is 0.151 e. The summed E-state index contributed by atoms with van der Waals surface area (Å²) >= 11 is 0. The van der Waals surface area contributed by atoms with Crippen LogP contribution in [0.4, 0.5) is 0 Å². The zero-order valence-electron chi connectivity index (χ0n) is 11.9. The lowest BCUT2D eigenvalue weighted by atomic mass is 10.1. The fourth-order valence-corrected chi connectivity index (χ4v) is 4.53. The molecule has 1 aliphatic rings. The van der Waals surface area contributed by atoms with Crippen molar-refractivity contribution in [3.8, 4) is 0 Å². The van der Waals surface area contributed by atoms with Gasteiger partial charge in [-0.1, -0.05) is 30.3 Å². The number of nitrogens with zero attached hydrogens (tertiary/aromatic N) is 1. The second-order valence-corrected chi connectivity index (χ2v) is 7.74. The molecular formula is C15H24N2O2S. The first kappa shape index (κ1) is 15.5. The van der Waals surface area contributed by atoms with Gasteiger partial charge in [0.1, 0.15) is 0 Å². The lowest BCUT2D eigenvalue weighted by molar-refractivity contribution is 0.187. The van der Waals surface area contributed by atoms with Crippen LogP contribution in [0.2, 0.25) is 0 Å². The molecule has 1 atom stereocenters. The van der Waals surface area contributed by atoms with Gasteiger partial charge in [-0.3, -0.25) is 4.90 Å². The molecule has 1 unspecified atom stereocenters. The summed E-state index contributed by atoms with van der Waals surface area (Å²) in [5, 5.41) is 0. The Morgan fingerprint density at radius 2 is 2.00 bits per heavy atom. The van der Waals surface area contributed by atoms with Crippen LogP contribution < -0.4 is 5.73 Å². The summed E-state index contributed by atoms with van der Waals surface area (Å²) in [7, 11) is -2.87. The molecule has 2 rings (SSSR count). The van der Waals surface area contributed by atoms with Crippen molar-refractivity contribution in [2.24, 2.45) is 5.73 Å². The third-order valence-electron chi connectivity index (χ3n) is 3.83. The zero-order chi connectivity index (χ0) is 14.4. The van der Waals surface area contributed by atoms with Crippen LogP contribution in [0.1, 0.15) is 24.8 Å². The molecule has 2 N–H and O–H groups in total. The first-order valence-corrected chi connectivity index (χ1v) is 9.11. The summed E-state index contributed by atoms with van der Waals surface area (Å²) in [5.41, 5.74) is 6.84. The molecular weight excluding hydrogens is 272 g/mol. The van der Waals surface area contributed by atoms with Gasteiger partial charge < -0.3 is 5.73 Å². The number of benzene rings is 1. The maximum atomic E-state index is 11.8. The Kier molecular flexibility index (Phi) is 5.57. The average molecular weight is 296 g/mol. The van der Waals surface area contributed by atoms with Gasteiger partial charge in [-0.25, -0.2) is 8.42 Å². The Hall–Kier alpha value is -0.910. The minimum absolute atomic E-state index is 0.139. The molecule has 112 valence electrons. The minimum atomic E-state index is -2.87. The SMILES string of the molecule is NCCCN(Cc1ccccc1)C1CCCS(=O)(=O)C1. The van der Waals surface area contributed by atoms with E-state index >= 15 is 0 Å². The lowest BCUT2D eigenvalue weighted by Crippen LogP contribution is -2.44. The van der Waals surface area contributed by atoms with Gasteiger partial charge >= 0.3 is 0 Å². The summed E-state index contributed by atoms with van der Waals surface area (Å²) in [6.07, 6.45) is 2.65. The van der Waals surface area contributed by atoms with Crippen LogP contribution in [-0.4, -0.2) is 44.0 Å². The Balaban J connectivity index is 2.06. The molecule has 0 spiro atoms. The molecule has 0 bridgehead atoms. The van der Waals surface area contributed by atoms with Crippen LogP contribution in [0, 0.1) is 0 Å². The van der Waals surface area contributed by atoms with Crippen molar-refractivity contribution in [2.45, 2.75) is 31.8 Å². The molecule has 5 heteroatoms. The van der Waals surface area contributed by atoms with Crippen molar-refractivity contribution in [1.29, 1.82) is 0 Å². The van der Waals surface area contributed by atoms with E-state index in [0.29, 0.717) is 18.1 Å². The lowest BCUT2D eigenvalue weighted by Gasteiger charge is -2.34. The van der Waals surface area contributed by atoms with Crippen LogP contribution in [0.3, 0.4) is 0 Å². The second kappa shape index (κ2) is 7.20.